The molecule has 1 aromatic heterocycles. The highest BCUT2D eigenvalue weighted by Crippen LogP contribution is 2.30. The SMILES string of the molecule is COC(=O)c1ccc(-n2c(NC3CCOCC3)nc3ccc(/C(C(C)=N)=C(\C)O)cc32)cc1. The summed E-state index contributed by atoms with van der Waals surface area (Å²) in [5, 5.41) is 21.8. The lowest BCUT2D eigenvalue weighted by atomic mass is 10.0. The van der Waals surface area contributed by atoms with Crippen molar-refractivity contribution in [2.75, 3.05) is 25.6 Å². The van der Waals surface area contributed by atoms with E-state index in [2.05, 4.69) is 5.32 Å². The molecule has 2 aromatic carbocycles. The summed E-state index contributed by atoms with van der Waals surface area (Å²) in [5.41, 5.74) is 4.41. The number of methoxy groups -OCH3 is 1. The van der Waals surface area contributed by atoms with Crippen molar-refractivity contribution in [2.24, 2.45) is 0 Å². The topological polar surface area (TPSA) is 109 Å². The number of hydrogen-bond donors (Lipinski definition) is 3. The van der Waals surface area contributed by atoms with Crippen molar-refractivity contribution in [3.63, 3.8) is 0 Å². The smallest absolute Gasteiger partial charge is 0.337 e. The number of benzene rings is 2. The van der Waals surface area contributed by atoms with Gasteiger partial charge in [-0.05, 0) is 68.7 Å². The van der Waals surface area contributed by atoms with Crippen molar-refractivity contribution >= 4 is 34.2 Å². The van der Waals surface area contributed by atoms with E-state index >= 15 is 0 Å². The Morgan fingerprint density at radius 1 is 1.15 bits per heavy atom. The number of nitrogens with one attached hydrogen (secondary N) is 2. The summed E-state index contributed by atoms with van der Waals surface area (Å²) in [6, 6.07) is 13.1. The van der Waals surface area contributed by atoms with Crippen molar-refractivity contribution < 1.29 is 19.4 Å². The van der Waals surface area contributed by atoms with Gasteiger partial charge in [0.2, 0.25) is 5.95 Å². The summed E-state index contributed by atoms with van der Waals surface area (Å²) >= 11 is 0. The molecule has 0 amide bonds. The Morgan fingerprint density at radius 3 is 2.42 bits per heavy atom. The van der Waals surface area contributed by atoms with Gasteiger partial charge in [-0.3, -0.25) is 4.57 Å². The second-order valence-corrected chi connectivity index (χ2v) is 8.13. The molecule has 0 radical (unpaired) electrons. The lowest BCUT2D eigenvalue weighted by molar-refractivity contribution is 0.0600. The molecule has 0 unspecified atom stereocenters. The van der Waals surface area contributed by atoms with Gasteiger partial charge in [-0.2, -0.15) is 0 Å². The van der Waals surface area contributed by atoms with E-state index in [0.29, 0.717) is 30.3 Å². The molecule has 33 heavy (non-hydrogen) atoms. The maximum atomic E-state index is 11.9. The molecule has 3 N–H and O–H groups in total. The third-order valence-electron chi connectivity index (χ3n) is 5.78. The number of aliphatic hydroxyl groups is 1. The van der Waals surface area contributed by atoms with E-state index in [1.165, 1.54) is 7.11 Å². The Balaban J connectivity index is 1.86. The Kier molecular flexibility index (Phi) is 6.46. The first-order valence-electron chi connectivity index (χ1n) is 10.9. The van der Waals surface area contributed by atoms with Crippen LogP contribution >= 0.6 is 0 Å². The van der Waals surface area contributed by atoms with Gasteiger partial charge in [-0.25, -0.2) is 9.78 Å². The minimum atomic E-state index is -0.394. The molecule has 2 heterocycles. The molecular formula is C25H28N4O4. The highest BCUT2D eigenvalue weighted by molar-refractivity contribution is 6.22. The molecule has 0 saturated carbocycles. The van der Waals surface area contributed by atoms with Crippen LogP contribution in [0.15, 0.2) is 48.2 Å². The van der Waals surface area contributed by atoms with Crippen molar-refractivity contribution in [3.05, 3.63) is 59.4 Å². The number of allylic oxidation sites excluding steroid dienone is 2. The summed E-state index contributed by atoms with van der Waals surface area (Å²) in [6.45, 7) is 4.65. The summed E-state index contributed by atoms with van der Waals surface area (Å²) in [7, 11) is 1.36. The number of imidazole rings is 1. The molecule has 4 rings (SSSR count). The average Bonchev–Trinajstić information content (AvgIpc) is 3.16. The quantitative estimate of drug-likeness (QED) is 0.286. The number of esters is 1. The van der Waals surface area contributed by atoms with E-state index < -0.39 is 5.97 Å². The average molecular weight is 449 g/mol. The van der Waals surface area contributed by atoms with Crippen LogP contribution in [0, 0.1) is 5.41 Å². The van der Waals surface area contributed by atoms with Crippen LogP contribution in [0.3, 0.4) is 0 Å². The van der Waals surface area contributed by atoms with Gasteiger partial charge in [0.05, 0.1) is 29.5 Å². The van der Waals surface area contributed by atoms with Crippen LogP contribution in [0.5, 0.6) is 0 Å². The van der Waals surface area contributed by atoms with Crippen molar-refractivity contribution in [3.8, 4) is 5.69 Å². The lowest BCUT2D eigenvalue weighted by Gasteiger charge is -2.24. The minimum Gasteiger partial charge on any atom is -0.512 e. The molecule has 1 aliphatic rings. The molecular weight excluding hydrogens is 420 g/mol. The molecule has 172 valence electrons. The zero-order chi connectivity index (χ0) is 23.5. The number of fused-ring (bicyclic) bond motifs is 1. The predicted molar refractivity (Wildman–Crippen MR) is 128 cm³/mol. The molecule has 8 nitrogen and oxygen atoms in total. The molecule has 0 atom stereocenters. The lowest BCUT2D eigenvalue weighted by Crippen LogP contribution is -2.29. The highest BCUT2D eigenvalue weighted by atomic mass is 16.5. The van der Waals surface area contributed by atoms with Gasteiger partial charge < -0.3 is 25.3 Å². The first-order chi connectivity index (χ1) is 15.9. The first kappa shape index (κ1) is 22.5. The van der Waals surface area contributed by atoms with Gasteiger partial charge in [0.15, 0.2) is 0 Å². The molecule has 3 aromatic rings. The van der Waals surface area contributed by atoms with Crippen LogP contribution in [0.1, 0.15) is 42.6 Å². The maximum Gasteiger partial charge on any atom is 0.337 e. The predicted octanol–water partition coefficient (Wildman–Crippen LogP) is 4.73. The van der Waals surface area contributed by atoms with Crippen molar-refractivity contribution in [2.45, 2.75) is 32.7 Å². The Bertz CT molecular complexity index is 1220. The fourth-order valence-electron chi connectivity index (χ4n) is 4.17. The number of hydrogen-bond acceptors (Lipinski definition) is 7. The molecule has 0 aliphatic carbocycles. The largest absolute Gasteiger partial charge is 0.512 e. The minimum absolute atomic E-state index is 0.0934. The molecule has 1 aliphatic heterocycles. The molecule has 1 fully saturated rings. The van der Waals surface area contributed by atoms with Crippen LogP contribution in [0.4, 0.5) is 5.95 Å². The first-order valence-corrected chi connectivity index (χ1v) is 10.9. The summed E-state index contributed by atoms with van der Waals surface area (Å²) in [5.74, 6) is 0.392. The standard InChI is InChI=1S/C25H28N4O4/c1-15(26)23(16(2)30)18-6-9-21-22(14-18)29(20-7-4-17(5-8-20)24(31)32-3)25(28-21)27-19-10-12-33-13-11-19/h4-9,14,19,26,30H,10-13H2,1-3H3,(H,27,28)/b23-16+,26-15?. The number of anilines is 1. The van der Waals surface area contributed by atoms with Crippen molar-refractivity contribution in [1.29, 1.82) is 5.41 Å². The number of ether oxygens (including phenoxy) is 2. The fourth-order valence-corrected chi connectivity index (χ4v) is 4.17. The molecule has 8 heteroatoms. The zero-order valence-electron chi connectivity index (χ0n) is 19.0. The van der Waals surface area contributed by atoms with Gasteiger partial charge in [-0.1, -0.05) is 6.07 Å². The number of nitrogens with zero attached hydrogens (tertiary/aromatic N) is 2. The third kappa shape index (κ3) is 4.61. The normalized spacial score (nSPS) is 15.2. The summed E-state index contributed by atoms with van der Waals surface area (Å²) < 4.78 is 12.3. The van der Waals surface area contributed by atoms with E-state index in [0.717, 1.165) is 35.1 Å². The zero-order valence-corrected chi connectivity index (χ0v) is 19.0. The second kappa shape index (κ2) is 9.46. The van der Waals surface area contributed by atoms with E-state index in [9.17, 15) is 9.90 Å². The number of carbonyl (C=O) groups is 1. The number of carbonyl (C=O) groups excluding carboxylic acids is 1. The number of rotatable bonds is 6. The summed E-state index contributed by atoms with van der Waals surface area (Å²) in [6.07, 6.45) is 1.78. The van der Waals surface area contributed by atoms with Crippen LogP contribution in [-0.4, -0.2) is 52.7 Å². The van der Waals surface area contributed by atoms with E-state index in [1.807, 2.05) is 34.9 Å². The van der Waals surface area contributed by atoms with Crippen LogP contribution in [-0.2, 0) is 9.47 Å². The van der Waals surface area contributed by atoms with Gasteiger partial charge in [0, 0.05) is 36.2 Å². The fraction of sp³-hybridized carbons (Fsp3) is 0.320. The Hall–Kier alpha value is -3.65. The van der Waals surface area contributed by atoms with E-state index in [-0.39, 0.29) is 17.5 Å². The van der Waals surface area contributed by atoms with Crippen molar-refractivity contribution in [1.82, 2.24) is 9.55 Å². The Labute approximate surface area is 192 Å². The van der Waals surface area contributed by atoms with Gasteiger partial charge in [0.25, 0.3) is 0 Å². The molecule has 1 saturated heterocycles. The van der Waals surface area contributed by atoms with Gasteiger partial charge in [-0.15, -0.1) is 0 Å². The van der Waals surface area contributed by atoms with Gasteiger partial charge in [0.1, 0.15) is 0 Å². The Morgan fingerprint density at radius 2 is 1.82 bits per heavy atom. The van der Waals surface area contributed by atoms with E-state index in [4.69, 9.17) is 19.9 Å². The van der Waals surface area contributed by atoms with E-state index in [1.54, 1.807) is 26.0 Å². The maximum absolute atomic E-state index is 11.9. The highest BCUT2D eigenvalue weighted by Gasteiger charge is 2.20. The third-order valence-corrected chi connectivity index (χ3v) is 5.78. The summed E-state index contributed by atoms with van der Waals surface area (Å²) in [4.78, 5) is 16.7. The molecule has 0 bridgehead atoms. The van der Waals surface area contributed by atoms with Crippen LogP contribution in [0.25, 0.3) is 22.3 Å². The molecule has 0 spiro atoms. The van der Waals surface area contributed by atoms with Crippen LogP contribution in [0.2, 0.25) is 0 Å². The number of aromatic nitrogens is 2. The second-order valence-electron chi connectivity index (χ2n) is 8.13. The number of aliphatic hydroxyl groups excluding tert-OH is 1. The monoisotopic (exact) mass is 448 g/mol. The van der Waals surface area contributed by atoms with Crippen LogP contribution < -0.4 is 5.32 Å². The van der Waals surface area contributed by atoms with Gasteiger partial charge >= 0.3 is 5.97 Å².